The fraction of sp³-hybridized carbons (Fsp3) is 0.938. The molecule has 2 aliphatic rings. The van der Waals surface area contributed by atoms with E-state index in [1.807, 2.05) is 0 Å². The molecule has 1 N–H and O–H groups in total. The van der Waals surface area contributed by atoms with Crippen molar-refractivity contribution in [1.29, 1.82) is 0 Å². The van der Waals surface area contributed by atoms with Gasteiger partial charge in [-0.25, -0.2) is 0 Å². The average molecular weight is 267 g/mol. The van der Waals surface area contributed by atoms with E-state index in [0.29, 0.717) is 11.3 Å². The number of carboxylic acids is 1. The maximum atomic E-state index is 11.9. The Morgan fingerprint density at radius 2 is 1.63 bits per heavy atom. The zero-order valence-corrected chi connectivity index (χ0v) is 12.7. The van der Waals surface area contributed by atoms with Gasteiger partial charge in [-0.1, -0.05) is 27.2 Å². The van der Waals surface area contributed by atoms with E-state index < -0.39 is 11.5 Å². The molecular weight excluding hydrogens is 238 g/mol. The molecule has 0 unspecified atom stereocenters. The molecule has 3 heteroatoms. The van der Waals surface area contributed by atoms with Crippen molar-refractivity contribution in [2.24, 2.45) is 11.3 Å². The fourth-order valence-corrected chi connectivity index (χ4v) is 3.95. The number of likely N-dealkylation sites (tertiary alicyclic amines) is 1. The fourth-order valence-electron chi connectivity index (χ4n) is 3.95. The zero-order chi connectivity index (χ0) is 14.1. The number of nitrogens with zero attached hydrogens (tertiary/aromatic N) is 1. The summed E-state index contributed by atoms with van der Waals surface area (Å²) in [5, 5.41) is 9.79. The second kappa shape index (κ2) is 5.43. The summed E-state index contributed by atoms with van der Waals surface area (Å²) in [6, 6.07) is 0. The minimum atomic E-state index is -0.582. The van der Waals surface area contributed by atoms with Crippen LogP contribution in [0.25, 0.3) is 0 Å². The Bertz CT molecular complexity index is 318. The third-order valence-electron chi connectivity index (χ3n) is 5.40. The molecule has 0 amide bonds. The highest BCUT2D eigenvalue weighted by Crippen LogP contribution is 2.44. The average Bonchev–Trinajstić information content (AvgIpc) is 2.38. The number of carbonyl (C=O) groups is 1. The molecule has 0 aromatic carbocycles. The van der Waals surface area contributed by atoms with Crippen LogP contribution < -0.4 is 0 Å². The number of hydrogen-bond acceptors (Lipinski definition) is 2. The lowest BCUT2D eigenvalue weighted by Crippen LogP contribution is -2.58. The number of carboxylic acid groups (broad SMARTS) is 1. The van der Waals surface area contributed by atoms with Gasteiger partial charge in [0.25, 0.3) is 0 Å². The van der Waals surface area contributed by atoms with E-state index in [9.17, 15) is 9.90 Å². The van der Waals surface area contributed by atoms with Gasteiger partial charge < -0.3 is 5.11 Å². The first kappa shape index (κ1) is 14.8. The molecule has 110 valence electrons. The molecule has 1 aliphatic heterocycles. The monoisotopic (exact) mass is 267 g/mol. The van der Waals surface area contributed by atoms with E-state index in [1.54, 1.807) is 0 Å². The predicted molar refractivity (Wildman–Crippen MR) is 77.2 cm³/mol. The van der Waals surface area contributed by atoms with Gasteiger partial charge in [-0.15, -0.1) is 0 Å². The van der Waals surface area contributed by atoms with Gasteiger partial charge in [0.1, 0.15) is 5.54 Å². The van der Waals surface area contributed by atoms with Crippen LogP contribution in [0.5, 0.6) is 0 Å². The molecule has 3 nitrogen and oxygen atoms in total. The van der Waals surface area contributed by atoms with E-state index in [2.05, 4.69) is 25.7 Å². The molecule has 0 spiro atoms. The van der Waals surface area contributed by atoms with Crippen LogP contribution in [0.2, 0.25) is 0 Å². The van der Waals surface area contributed by atoms with Crippen molar-refractivity contribution in [3.63, 3.8) is 0 Å². The normalized spacial score (nSPS) is 34.2. The minimum absolute atomic E-state index is 0.312. The van der Waals surface area contributed by atoms with Crippen LogP contribution in [0, 0.1) is 11.3 Å². The molecule has 0 radical (unpaired) electrons. The van der Waals surface area contributed by atoms with Gasteiger partial charge in [-0.05, 0) is 62.9 Å². The second-order valence-corrected chi connectivity index (χ2v) is 7.52. The molecule has 0 aromatic heterocycles. The van der Waals surface area contributed by atoms with E-state index in [1.165, 1.54) is 6.42 Å². The lowest BCUT2D eigenvalue weighted by atomic mass is 9.66. The Balaban J connectivity index is 2.09. The van der Waals surface area contributed by atoms with Crippen LogP contribution >= 0.6 is 0 Å². The van der Waals surface area contributed by atoms with Gasteiger partial charge in [0, 0.05) is 0 Å². The van der Waals surface area contributed by atoms with Crippen molar-refractivity contribution < 1.29 is 9.90 Å². The Hall–Kier alpha value is -0.570. The van der Waals surface area contributed by atoms with Crippen LogP contribution in [0.4, 0.5) is 0 Å². The Labute approximate surface area is 117 Å². The molecule has 19 heavy (non-hydrogen) atoms. The van der Waals surface area contributed by atoms with Gasteiger partial charge >= 0.3 is 5.97 Å². The van der Waals surface area contributed by atoms with Crippen LogP contribution in [-0.4, -0.2) is 34.6 Å². The van der Waals surface area contributed by atoms with Crippen LogP contribution in [0.15, 0.2) is 0 Å². The highest BCUT2D eigenvalue weighted by Gasteiger charge is 2.48. The SMILES string of the molecule is CC(C)(C)C1CCC(C(=O)O)(N2CCCCC2)CC1. The summed E-state index contributed by atoms with van der Waals surface area (Å²) in [5.74, 6) is 0.0894. The summed E-state index contributed by atoms with van der Waals surface area (Å²) in [6.45, 7) is 8.81. The van der Waals surface area contributed by atoms with Gasteiger partial charge in [0.2, 0.25) is 0 Å². The number of piperidine rings is 1. The van der Waals surface area contributed by atoms with E-state index in [0.717, 1.165) is 51.6 Å². The Morgan fingerprint density at radius 3 is 2.05 bits per heavy atom. The van der Waals surface area contributed by atoms with Crippen LogP contribution in [-0.2, 0) is 4.79 Å². The molecule has 0 bridgehead atoms. The van der Waals surface area contributed by atoms with Gasteiger partial charge in [-0.2, -0.15) is 0 Å². The summed E-state index contributed by atoms with van der Waals surface area (Å²) < 4.78 is 0. The molecule has 2 fully saturated rings. The quantitative estimate of drug-likeness (QED) is 0.832. The molecule has 2 rings (SSSR count). The van der Waals surface area contributed by atoms with Gasteiger partial charge in [0.15, 0.2) is 0 Å². The highest BCUT2D eigenvalue weighted by atomic mass is 16.4. The molecule has 1 saturated carbocycles. The summed E-state index contributed by atoms with van der Waals surface area (Å²) in [7, 11) is 0. The number of hydrogen-bond donors (Lipinski definition) is 1. The van der Waals surface area contributed by atoms with Crippen LogP contribution in [0.3, 0.4) is 0 Å². The molecule has 1 aliphatic carbocycles. The van der Waals surface area contributed by atoms with Crippen molar-refractivity contribution in [2.45, 2.75) is 71.3 Å². The molecule has 0 aromatic rings. The molecule has 1 heterocycles. The van der Waals surface area contributed by atoms with Crippen LogP contribution in [0.1, 0.15) is 65.7 Å². The summed E-state index contributed by atoms with van der Waals surface area (Å²) in [5.41, 5.74) is -0.241. The van der Waals surface area contributed by atoms with Gasteiger partial charge in [0.05, 0.1) is 0 Å². The predicted octanol–water partition coefficient (Wildman–Crippen LogP) is 3.53. The highest BCUT2D eigenvalue weighted by molar-refractivity contribution is 5.79. The summed E-state index contributed by atoms with van der Waals surface area (Å²) in [6.07, 6.45) is 7.39. The molecular formula is C16H29NO2. The first-order valence-electron chi connectivity index (χ1n) is 7.85. The largest absolute Gasteiger partial charge is 0.480 e. The summed E-state index contributed by atoms with van der Waals surface area (Å²) >= 11 is 0. The van der Waals surface area contributed by atoms with E-state index in [4.69, 9.17) is 0 Å². The third-order valence-corrected chi connectivity index (χ3v) is 5.40. The first-order valence-corrected chi connectivity index (χ1v) is 7.85. The second-order valence-electron chi connectivity index (χ2n) is 7.52. The lowest BCUT2D eigenvalue weighted by molar-refractivity contribution is -0.156. The molecule has 0 atom stereocenters. The third kappa shape index (κ3) is 2.96. The Kier molecular flexibility index (Phi) is 4.24. The topological polar surface area (TPSA) is 40.5 Å². The maximum Gasteiger partial charge on any atom is 0.324 e. The minimum Gasteiger partial charge on any atom is -0.480 e. The van der Waals surface area contributed by atoms with Crippen molar-refractivity contribution in [1.82, 2.24) is 4.90 Å². The lowest BCUT2D eigenvalue weighted by Gasteiger charge is -2.48. The number of rotatable bonds is 2. The smallest absolute Gasteiger partial charge is 0.324 e. The first-order chi connectivity index (χ1) is 8.86. The zero-order valence-electron chi connectivity index (χ0n) is 12.7. The number of aliphatic carboxylic acids is 1. The standard InChI is InChI=1S/C16H29NO2/c1-15(2,3)13-7-9-16(10-8-13,14(18)19)17-11-5-4-6-12-17/h13H,4-12H2,1-3H3,(H,18,19). The van der Waals surface area contributed by atoms with Crippen molar-refractivity contribution in [2.75, 3.05) is 13.1 Å². The van der Waals surface area contributed by atoms with Gasteiger partial charge in [-0.3, -0.25) is 9.69 Å². The Morgan fingerprint density at radius 1 is 1.11 bits per heavy atom. The van der Waals surface area contributed by atoms with Crippen molar-refractivity contribution in [3.8, 4) is 0 Å². The van der Waals surface area contributed by atoms with Crippen molar-refractivity contribution >= 4 is 5.97 Å². The molecule has 1 saturated heterocycles. The summed E-state index contributed by atoms with van der Waals surface area (Å²) in [4.78, 5) is 14.2. The van der Waals surface area contributed by atoms with Crippen molar-refractivity contribution in [3.05, 3.63) is 0 Å². The van der Waals surface area contributed by atoms with E-state index >= 15 is 0 Å². The van der Waals surface area contributed by atoms with E-state index in [-0.39, 0.29) is 0 Å². The maximum absolute atomic E-state index is 11.9.